The second-order valence-electron chi connectivity index (χ2n) is 8.93. The van der Waals surface area contributed by atoms with Crippen LogP contribution in [0.1, 0.15) is 39.8 Å². The third-order valence-corrected chi connectivity index (χ3v) is 6.47. The van der Waals surface area contributed by atoms with Crippen LogP contribution in [0.15, 0.2) is 24.3 Å². The fourth-order valence-electron chi connectivity index (χ4n) is 5.43. The van der Waals surface area contributed by atoms with Crippen LogP contribution in [0.2, 0.25) is 0 Å². The maximum absolute atomic E-state index is 13.5. The summed E-state index contributed by atoms with van der Waals surface area (Å²) in [6, 6.07) is 7.98. The van der Waals surface area contributed by atoms with Crippen LogP contribution < -0.4 is 9.80 Å². The van der Waals surface area contributed by atoms with Gasteiger partial charge in [0.1, 0.15) is 11.6 Å². The van der Waals surface area contributed by atoms with Gasteiger partial charge in [0.2, 0.25) is 0 Å². The Morgan fingerprint density at radius 2 is 1.16 bits per heavy atom. The second kappa shape index (κ2) is 6.94. The van der Waals surface area contributed by atoms with Gasteiger partial charge in [-0.15, -0.1) is 0 Å². The van der Waals surface area contributed by atoms with Crippen LogP contribution in [0, 0.1) is 47.5 Å². The Morgan fingerprint density at radius 1 is 0.806 bits per heavy atom. The van der Waals surface area contributed by atoms with E-state index in [1.807, 2.05) is 65.8 Å². The lowest BCUT2D eigenvalue weighted by molar-refractivity contribution is -0.142. The molecule has 1 aliphatic carbocycles. The molecule has 1 aliphatic heterocycles. The quantitative estimate of drug-likeness (QED) is 0.560. The number of hydrogen-bond acceptors (Lipinski definition) is 4. The third-order valence-electron chi connectivity index (χ3n) is 6.47. The Bertz CT molecular complexity index is 1030. The van der Waals surface area contributed by atoms with Gasteiger partial charge in [-0.05, 0) is 63.8 Å². The van der Waals surface area contributed by atoms with Crippen molar-refractivity contribution in [3.8, 4) is 0 Å². The van der Waals surface area contributed by atoms with Crippen LogP contribution in [0.3, 0.4) is 0 Å². The Hall–Kier alpha value is -3.15. The van der Waals surface area contributed by atoms with E-state index in [1.54, 1.807) is 9.80 Å². The molecule has 1 atom stereocenters. The van der Waals surface area contributed by atoms with E-state index in [0.29, 0.717) is 17.8 Å². The first-order valence-electron chi connectivity index (χ1n) is 10.5. The molecule has 2 aliphatic rings. The van der Waals surface area contributed by atoms with Gasteiger partial charge in [0.15, 0.2) is 0 Å². The number of nitrogens with zero attached hydrogens (tertiary/aromatic N) is 2. The second-order valence-corrected chi connectivity index (χ2v) is 8.93. The Labute approximate surface area is 182 Å². The zero-order chi connectivity index (χ0) is 22.8. The number of amides is 2. The SMILES string of the molecule is COC(=O)[C@@H]1CC12N(c1c(C)cc(C)cc1C)C(=O)C(=O)N2c1c(C)cc(C)cc1C. The molecular formula is C25H28N2O4. The van der Waals surface area contributed by atoms with Gasteiger partial charge in [0.05, 0.1) is 18.5 Å². The largest absolute Gasteiger partial charge is 0.469 e. The molecule has 1 heterocycles. The lowest BCUT2D eigenvalue weighted by Gasteiger charge is -2.34. The predicted molar refractivity (Wildman–Crippen MR) is 119 cm³/mol. The molecule has 2 aromatic rings. The van der Waals surface area contributed by atoms with Crippen molar-refractivity contribution in [2.45, 2.75) is 53.6 Å². The Kier molecular flexibility index (Phi) is 4.72. The van der Waals surface area contributed by atoms with Crippen LogP contribution >= 0.6 is 0 Å². The third kappa shape index (κ3) is 2.88. The highest BCUT2D eigenvalue weighted by atomic mass is 16.5. The fourth-order valence-corrected chi connectivity index (χ4v) is 5.43. The summed E-state index contributed by atoms with van der Waals surface area (Å²) >= 11 is 0. The van der Waals surface area contributed by atoms with Gasteiger partial charge in [-0.25, -0.2) is 0 Å². The highest BCUT2D eigenvalue weighted by molar-refractivity contribution is 6.49. The van der Waals surface area contributed by atoms with E-state index in [1.165, 1.54) is 7.11 Å². The Balaban J connectivity index is 1.98. The smallest absolute Gasteiger partial charge is 0.318 e. The minimum atomic E-state index is -1.09. The number of carbonyl (C=O) groups excluding carboxylic acids is 3. The van der Waals surface area contributed by atoms with Gasteiger partial charge < -0.3 is 4.74 Å². The maximum atomic E-state index is 13.5. The van der Waals surface area contributed by atoms with Crippen molar-refractivity contribution >= 4 is 29.2 Å². The van der Waals surface area contributed by atoms with Gasteiger partial charge in [-0.3, -0.25) is 24.2 Å². The molecule has 0 aromatic heterocycles. The van der Waals surface area contributed by atoms with Crippen molar-refractivity contribution in [3.05, 3.63) is 57.6 Å². The van der Waals surface area contributed by atoms with E-state index in [9.17, 15) is 14.4 Å². The molecule has 31 heavy (non-hydrogen) atoms. The molecule has 6 heteroatoms. The van der Waals surface area contributed by atoms with Crippen molar-refractivity contribution in [2.75, 3.05) is 16.9 Å². The lowest BCUT2D eigenvalue weighted by Crippen LogP contribution is -2.47. The average molecular weight is 421 g/mol. The number of carbonyl (C=O) groups is 3. The van der Waals surface area contributed by atoms with Gasteiger partial charge in [-0.2, -0.15) is 0 Å². The van der Waals surface area contributed by atoms with Crippen LogP contribution in [-0.2, 0) is 19.1 Å². The molecule has 0 radical (unpaired) electrons. The molecule has 0 unspecified atom stereocenters. The van der Waals surface area contributed by atoms with Crippen LogP contribution in [0.5, 0.6) is 0 Å². The van der Waals surface area contributed by atoms with Crippen molar-refractivity contribution in [1.29, 1.82) is 0 Å². The minimum Gasteiger partial charge on any atom is -0.469 e. The molecular weight excluding hydrogens is 392 g/mol. The fraction of sp³-hybridized carbons (Fsp3) is 0.400. The summed E-state index contributed by atoms with van der Waals surface area (Å²) in [5.74, 6) is -2.24. The first-order valence-corrected chi connectivity index (χ1v) is 10.5. The van der Waals surface area contributed by atoms with E-state index < -0.39 is 29.4 Å². The zero-order valence-electron chi connectivity index (χ0n) is 19.1. The molecule has 162 valence electrons. The summed E-state index contributed by atoms with van der Waals surface area (Å²) in [6.07, 6.45) is 0.344. The van der Waals surface area contributed by atoms with Gasteiger partial charge in [0, 0.05) is 6.42 Å². The average Bonchev–Trinajstić information content (AvgIpc) is 3.37. The molecule has 2 amide bonds. The number of aryl methyl sites for hydroxylation is 6. The summed E-state index contributed by atoms with van der Waals surface area (Å²) in [4.78, 5) is 42.7. The van der Waals surface area contributed by atoms with Gasteiger partial charge >= 0.3 is 17.8 Å². The molecule has 0 N–H and O–H groups in total. The van der Waals surface area contributed by atoms with Crippen LogP contribution in [0.25, 0.3) is 0 Å². The standard InChI is InChI=1S/C25H28N2O4/c1-13-8-15(3)20(16(4)9-13)26-22(28)23(29)27(25(26)12-19(25)24(30)31-7)21-17(5)10-14(2)11-18(21)6/h8-11,19H,12H2,1-7H3/t19-/m0/s1. The molecule has 1 spiro atoms. The minimum absolute atomic E-state index is 0.344. The summed E-state index contributed by atoms with van der Waals surface area (Å²) in [6.45, 7) is 11.7. The molecule has 1 saturated carbocycles. The van der Waals surface area contributed by atoms with Crippen LogP contribution in [0.4, 0.5) is 11.4 Å². The van der Waals surface area contributed by atoms with E-state index in [-0.39, 0.29) is 0 Å². The number of anilines is 2. The van der Waals surface area contributed by atoms with Gasteiger partial charge in [0.25, 0.3) is 0 Å². The van der Waals surface area contributed by atoms with E-state index >= 15 is 0 Å². The van der Waals surface area contributed by atoms with Crippen molar-refractivity contribution in [1.82, 2.24) is 0 Å². The Morgan fingerprint density at radius 3 is 1.48 bits per heavy atom. The molecule has 4 rings (SSSR count). The molecule has 1 saturated heterocycles. The highest BCUT2D eigenvalue weighted by Crippen LogP contribution is 2.59. The monoisotopic (exact) mass is 420 g/mol. The van der Waals surface area contributed by atoms with E-state index in [0.717, 1.165) is 33.4 Å². The van der Waals surface area contributed by atoms with Gasteiger partial charge in [-0.1, -0.05) is 35.4 Å². The maximum Gasteiger partial charge on any atom is 0.318 e. The molecule has 6 nitrogen and oxygen atoms in total. The topological polar surface area (TPSA) is 66.9 Å². The number of esters is 1. The first-order chi connectivity index (χ1) is 14.5. The zero-order valence-corrected chi connectivity index (χ0v) is 19.1. The van der Waals surface area contributed by atoms with Crippen molar-refractivity contribution in [3.63, 3.8) is 0 Å². The molecule has 2 fully saturated rings. The molecule has 2 aromatic carbocycles. The number of benzene rings is 2. The normalized spacial score (nSPS) is 19.4. The number of rotatable bonds is 3. The van der Waals surface area contributed by atoms with Crippen LogP contribution in [-0.4, -0.2) is 30.6 Å². The summed E-state index contributed by atoms with van der Waals surface area (Å²) < 4.78 is 5.04. The first kappa shape index (κ1) is 21.1. The lowest BCUT2D eigenvalue weighted by atomic mass is 10.0. The number of methoxy groups -OCH3 is 1. The number of hydrogen-bond donors (Lipinski definition) is 0. The van der Waals surface area contributed by atoms with Crippen molar-refractivity contribution in [2.24, 2.45) is 5.92 Å². The summed E-state index contributed by atoms with van der Waals surface area (Å²) in [5, 5.41) is 0. The number of ether oxygens (including phenoxy) is 1. The summed E-state index contributed by atoms with van der Waals surface area (Å²) in [5.41, 5.74) is 6.04. The highest BCUT2D eigenvalue weighted by Gasteiger charge is 2.75. The summed E-state index contributed by atoms with van der Waals surface area (Å²) in [7, 11) is 1.34. The predicted octanol–water partition coefficient (Wildman–Crippen LogP) is 3.81. The molecule has 0 bridgehead atoms. The van der Waals surface area contributed by atoms with Crippen molar-refractivity contribution < 1.29 is 19.1 Å². The van der Waals surface area contributed by atoms with E-state index in [2.05, 4.69) is 0 Å². The van der Waals surface area contributed by atoms with E-state index in [4.69, 9.17) is 4.74 Å².